The van der Waals surface area contributed by atoms with E-state index in [-0.39, 0.29) is 19.0 Å². The average molecular weight is 380 g/mol. The van der Waals surface area contributed by atoms with E-state index in [1.54, 1.807) is 18.2 Å². The number of carbonyl (C=O) groups is 2. The van der Waals surface area contributed by atoms with Gasteiger partial charge in [-0.05, 0) is 36.5 Å². The van der Waals surface area contributed by atoms with Crippen molar-refractivity contribution in [2.45, 2.75) is 44.1 Å². The standard InChI is InChI=1S/C23H24O5/c24-19(18-12-10-17(11-13-18)16-6-2-1-3-7-16)14-27-23(25)22-15-26-20-8-4-5-9-21(20)28-22/h4-5,8-13,16,22H,1-3,6-7,14-15H2/t22-/m1/s1. The predicted molar refractivity (Wildman–Crippen MR) is 104 cm³/mol. The van der Waals surface area contributed by atoms with Crippen molar-refractivity contribution in [2.24, 2.45) is 0 Å². The minimum absolute atomic E-state index is 0.0696. The number of esters is 1. The Morgan fingerprint density at radius 3 is 2.39 bits per heavy atom. The van der Waals surface area contributed by atoms with Crippen molar-refractivity contribution in [1.82, 2.24) is 0 Å². The zero-order valence-electron chi connectivity index (χ0n) is 15.8. The normalized spacial score (nSPS) is 19.1. The van der Waals surface area contributed by atoms with Crippen LogP contribution < -0.4 is 9.47 Å². The summed E-state index contributed by atoms with van der Waals surface area (Å²) in [5.74, 6) is 0.880. The molecule has 2 aliphatic rings. The molecule has 5 heteroatoms. The Bertz CT molecular complexity index is 836. The molecule has 28 heavy (non-hydrogen) atoms. The summed E-state index contributed by atoms with van der Waals surface area (Å²) in [6.07, 6.45) is 5.45. The highest BCUT2D eigenvalue weighted by molar-refractivity contribution is 5.98. The number of carbonyl (C=O) groups excluding carboxylic acids is 2. The summed E-state index contributed by atoms with van der Waals surface area (Å²) in [5.41, 5.74) is 1.85. The van der Waals surface area contributed by atoms with Gasteiger partial charge in [0, 0.05) is 5.56 Å². The third-order valence-electron chi connectivity index (χ3n) is 5.43. The maximum Gasteiger partial charge on any atom is 0.351 e. The molecule has 4 rings (SSSR count). The van der Waals surface area contributed by atoms with Gasteiger partial charge in [-0.2, -0.15) is 0 Å². The molecular formula is C23H24O5. The Morgan fingerprint density at radius 2 is 1.64 bits per heavy atom. The lowest BCUT2D eigenvalue weighted by atomic mass is 9.84. The molecule has 2 aromatic carbocycles. The highest BCUT2D eigenvalue weighted by Gasteiger charge is 2.29. The number of benzene rings is 2. The molecule has 1 heterocycles. The second-order valence-electron chi connectivity index (χ2n) is 7.35. The third-order valence-corrected chi connectivity index (χ3v) is 5.43. The molecule has 2 aromatic rings. The summed E-state index contributed by atoms with van der Waals surface area (Å²) in [6, 6.07) is 14.9. The molecule has 1 fully saturated rings. The van der Waals surface area contributed by atoms with Gasteiger partial charge in [-0.1, -0.05) is 55.7 Å². The summed E-state index contributed by atoms with van der Waals surface area (Å²) in [6.45, 7) is -0.233. The molecule has 1 atom stereocenters. The van der Waals surface area contributed by atoms with Crippen LogP contribution in [0.5, 0.6) is 11.5 Å². The zero-order valence-corrected chi connectivity index (χ0v) is 15.8. The smallest absolute Gasteiger partial charge is 0.351 e. The van der Waals surface area contributed by atoms with E-state index in [0.29, 0.717) is 23.0 Å². The molecule has 1 aliphatic heterocycles. The Kier molecular flexibility index (Phi) is 5.60. The van der Waals surface area contributed by atoms with E-state index in [2.05, 4.69) is 0 Å². The number of hydrogen-bond acceptors (Lipinski definition) is 5. The molecule has 0 saturated heterocycles. The van der Waals surface area contributed by atoms with Crippen molar-refractivity contribution < 1.29 is 23.8 Å². The fourth-order valence-corrected chi connectivity index (χ4v) is 3.83. The lowest BCUT2D eigenvalue weighted by Crippen LogP contribution is -2.38. The van der Waals surface area contributed by atoms with Crippen LogP contribution in [0.4, 0.5) is 0 Å². The van der Waals surface area contributed by atoms with Gasteiger partial charge in [0.2, 0.25) is 6.10 Å². The van der Waals surface area contributed by atoms with E-state index in [1.165, 1.54) is 37.7 Å². The van der Waals surface area contributed by atoms with Crippen molar-refractivity contribution in [3.63, 3.8) is 0 Å². The fraction of sp³-hybridized carbons (Fsp3) is 0.391. The van der Waals surface area contributed by atoms with Crippen molar-refractivity contribution in [3.05, 3.63) is 59.7 Å². The first kappa shape index (κ1) is 18.5. The molecule has 0 amide bonds. The van der Waals surface area contributed by atoms with E-state index < -0.39 is 12.1 Å². The number of Topliss-reactive ketones (excluding diaryl/α,β-unsaturated/α-hetero) is 1. The molecule has 0 aromatic heterocycles. The lowest BCUT2D eigenvalue weighted by molar-refractivity contribution is -0.153. The van der Waals surface area contributed by atoms with Gasteiger partial charge in [0.05, 0.1) is 0 Å². The number of hydrogen-bond donors (Lipinski definition) is 0. The Balaban J connectivity index is 1.30. The Hall–Kier alpha value is -2.82. The van der Waals surface area contributed by atoms with Crippen molar-refractivity contribution in [3.8, 4) is 11.5 Å². The summed E-state index contributed by atoms with van der Waals surface area (Å²) >= 11 is 0. The van der Waals surface area contributed by atoms with Crippen LogP contribution in [0, 0.1) is 0 Å². The number of ketones is 1. The maximum atomic E-state index is 12.4. The van der Waals surface area contributed by atoms with Gasteiger partial charge in [0.1, 0.15) is 6.61 Å². The largest absolute Gasteiger partial charge is 0.485 e. The predicted octanol–water partition coefficient (Wildman–Crippen LogP) is 4.30. The van der Waals surface area contributed by atoms with Crippen LogP contribution in [-0.2, 0) is 9.53 Å². The molecule has 1 aliphatic carbocycles. The second-order valence-corrected chi connectivity index (χ2v) is 7.35. The SMILES string of the molecule is O=C(COC(=O)[C@H]1COc2ccccc2O1)c1ccc(C2CCCCC2)cc1. The Labute approximate surface area is 164 Å². The van der Waals surface area contributed by atoms with E-state index in [4.69, 9.17) is 14.2 Å². The van der Waals surface area contributed by atoms with Crippen LogP contribution in [0.2, 0.25) is 0 Å². The highest BCUT2D eigenvalue weighted by atomic mass is 16.6. The number of para-hydroxylation sites is 2. The van der Waals surface area contributed by atoms with Gasteiger partial charge in [-0.25, -0.2) is 4.79 Å². The molecule has 146 valence electrons. The maximum absolute atomic E-state index is 12.4. The van der Waals surface area contributed by atoms with Gasteiger partial charge in [0.25, 0.3) is 0 Å². The summed E-state index contributed by atoms with van der Waals surface area (Å²) < 4.78 is 16.3. The molecule has 5 nitrogen and oxygen atoms in total. The monoisotopic (exact) mass is 380 g/mol. The minimum atomic E-state index is -0.864. The summed E-state index contributed by atoms with van der Waals surface area (Å²) in [7, 11) is 0. The van der Waals surface area contributed by atoms with Gasteiger partial charge >= 0.3 is 5.97 Å². The van der Waals surface area contributed by atoms with E-state index in [0.717, 1.165) is 0 Å². The lowest BCUT2D eigenvalue weighted by Gasteiger charge is -2.24. The summed E-state index contributed by atoms with van der Waals surface area (Å²) in [5, 5.41) is 0. The fourth-order valence-electron chi connectivity index (χ4n) is 3.83. The van der Waals surface area contributed by atoms with Crippen molar-refractivity contribution >= 4 is 11.8 Å². The van der Waals surface area contributed by atoms with Crippen molar-refractivity contribution in [1.29, 1.82) is 0 Å². The van der Waals surface area contributed by atoms with Crippen LogP contribution in [0.25, 0.3) is 0 Å². The topological polar surface area (TPSA) is 61.8 Å². The molecular weight excluding hydrogens is 356 g/mol. The van der Waals surface area contributed by atoms with Gasteiger partial charge < -0.3 is 14.2 Å². The molecule has 0 N–H and O–H groups in total. The molecule has 0 bridgehead atoms. The number of ether oxygens (including phenoxy) is 3. The first-order valence-corrected chi connectivity index (χ1v) is 9.89. The zero-order chi connectivity index (χ0) is 19.3. The van der Waals surface area contributed by atoms with Gasteiger partial charge in [0.15, 0.2) is 23.9 Å². The third kappa shape index (κ3) is 4.19. The van der Waals surface area contributed by atoms with Crippen LogP contribution >= 0.6 is 0 Å². The second kappa shape index (κ2) is 8.46. The van der Waals surface area contributed by atoms with E-state index in [9.17, 15) is 9.59 Å². The van der Waals surface area contributed by atoms with Crippen LogP contribution in [0.1, 0.15) is 53.9 Å². The highest BCUT2D eigenvalue weighted by Crippen LogP contribution is 2.33. The van der Waals surface area contributed by atoms with E-state index in [1.807, 2.05) is 30.3 Å². The molecule has 0 spiro atoms. The number of fused-ring (bicyclic) bond motifs is 1. The van der Waals surface area contributed by atoms with Gasteiger partial charge in [-0.3, -0.25) is 4.79 Å². The van der Waals surface area contributed by atoms with Crippen LogP contribution in [0.3, 0.4) is 0 Å². The molecule has 0 radical (unpaired) electrons. The van der Waals surface area contributed by atoms with Crippen LogP contribution in [-0.4, -0.2) is 31.1 Å². The first-order valence-electron chi connectivity index (χ1n) is 9.89. The van der Waals surface area contributed by atoms with Crippen molar-refractivity contribution in [2.75, 3.05) is 13.2 Å². The molecule has 1 saturated carbocycles. The number of rotatable bonds is 5. The molecule has 0 unspecified atom stereocenters. The first-order chi connectivity index (χ1) is 13.7. The van der Waals surface area contributed by atoms with Gasteiger partial charge in [-0.15, -0.1) is 0 Å². The van der Waals surface area contributed by atoms with E-state index >= 15 is 0 Å². The minimum Gasteiger partial charge on any atom is -0.485 e. The summed E-state index contributed by atoms with van der Waals surface area (Å²) in [4.78, 5) is 24.6. The average Bonchev–Trinajstić information content (AvgIpc) is 2.77. The van der Waals surface area contributed by atoms with Crippen LogP contribution in [0.15, 0.2) is 48.5 Å². The quantitative estimate of drug-likeness (QED) is 0.572. The Morgan fingerprint density at radius 1 is 0.929 bits per heavy atom.